The van der Waals surface area contributed by atoms with Crippen LogP contribution in [0.1, 0.15) is 16.2 Å². The molecule has 3 nitrogen and oxygen atoms in total. The van der Waals surface area contributed by atoms with Crippen molar-refractivity contribution in [3.8, 4) is 10.6 Å². The summed E-state index contributed by atoms with van der Waals surface area (Å²) in [4.78, 5) is 16.7. The number of nitrogens with zero attached hydrogens (tertiary/aromatic N) is 1. The number of benzene rings is 1. The number of para-hydroxylation sites is 1. The first-order valence-electron chi connectivity index (χ1n) is 6.99. The van der Waals surface area contributed by atoms with Crippen molar-refractivity contribution in [1.29, 1.82) is 0 Å². The second-order valence-electron chi connectivity index (χ2n) is 4.94. The molecule has 0 atom stereocenters. The summed E-state index contributed by atoms with van der Waals surface area (Å²) in [5.41, 5.74) is 2.61. The molecule has 0 amide bonds. The zero-order valence-electron chi connectivity index (χ0n) is 11.9. The molecule has 0 saturated carbocycles. The van der Waals surface area contributed by atoms with Crippen LogP contribution in [-0.4, -0.2) is 10.8 Å². The summed E-state index contributed by atoms with van der Waals surface area (Å²) in [5.74, 6) is 0.182. The number of hydrogen-bond donors (Lipinski definition) is 0. The zero-order chi connectivity index (χ0) is 15.6. The monoisotopic (exact) mass is 337 g/mol. The second-order valence-corrected chi connectivity index (χ2v) is 6.57. The van der Waals surface area contributed by atoms with E-state index < -0.39 is 0 Å². The van der Waals surface area contributed by atoms with Crippen molar-refractivity contribution < 1.29 is 9.21 Å². The molecule has 0 spiro atoms. The lowest BCUT2D eigenvalue weighted by Gasteiger charge is -1.88. The lowest BCUT2D eigenvalue weighted by molar-refractivity contribution is 0.102. The lowest BCUT2D eigenvalue weighted by Crippen LogP contribution is -1.90. The fraction of sp³-hybridized carbons (Fsp3) is 0. The standard InChI is InChI=1S/C18H11NO2S2/c20-15(17-9-12-3-1-2-4-16(12)21-17)6-5-14-11-23-18(19-14)13-7-8-22-10-13/h1-11H/b6-5-. The fourth-order valence-corrected chi connectivity index (χ4v) is 3.73. The Morgan fingerprint density at radius 1 is 1.17 bits per heavy atom. The average molecular weight is 337 g/mol. The molecule has 0 N–H and O–H groups in total. The number of aromatic nitrogens is 1. The molecule has 5 heteroatoms. The van der Waals surface area contributed by atoms with Crippen molar-refractivity contribution in [2.24, 2.45) is 0 Å². The van der Waals surface area contributed by atoms with E-state index in [4.69, 9.17) is 4.42 Å². The normalized spacial score (nSPS) is 11.5. The van der Waals surface area contributed by atoms with Crippen LogP contribution in [0.2, 0.25) is 0 Å². The number of ketones is 1. The Kier molecular flexibility index (Phi) is 3.65. The van der Waals surface area contributed by atoms with Crippen LogP contribution in [0.4, 0.5) is 0 Å². The first-order valence-corrected chi connectivity index (χ1v) is 8.81. The maximum atomic E-state index is 12.2. The van der Waals surface area contributed by atoms with Crippen LogP contribution in [0.15, 0.2) is 63.0 Å². The highest BCUT2D eigenvalue weighted by molar-refractivity contribution is 7.14. The van der Waals surface area contributed by atoms with Gasteiger partial charge in [0.05, 0.1) is 5.69 Å². The molecule has 3 aromatic heterocycles. The van der Waals surface area contributed by atoms with E-state index in [2.05, 4.69) is 10.4 Å². The third-order valence-electron chi connectivity index (χ3n) is 3.36. The van der Waals surface area contributed by atoms with Crippen molar-refractivity contribution in [3.63, 3.8) is 0 Å². The number of thiophene rings is 1. The number of allylic oxidation sites excluding steroid dienone is 1. The van der Waals surface area contributed by atoms with E-state index in [1.54, 1.807) is 34.8 Å². The number of rotatable bonds is 4. The van der Waals surface area contributed by atoms with Crippen LogP contribution in [0.25, 0.3) is 27.6 Å². The van der Waals surface area contributed by atoms with Gasteiger partial charge in [-0.05, 0) is 35.7 Å². The van der Waals surface area contributed by atoms with Gasteiger partial charge in [-0.25, -0.2) is 4.98 Å². The second kappa shape index (κ2) is 5.95. The fourth-order valence-electron chi connectivity index (χ4n) is 2.23. The Hall–Kier alpha value is -2.50. The Bertz CT molecular complexity index is 960. The Morgan fingerprint density at radius 2 is 2.09 bits per heavy atom. The number of carbonyl (C=O) groups excluding carboxylic acids is 1. The highest BCUT2D eigenvalue weighted by Crippen LogP contribution is 2.26. The topological polar surface area (TPSA) is 43.1 Å². The van der Waals surface area contributed by atoms with Crippen molar-refractivity contribution >= 4 is 45.5 Å². The average Bonchev–Trinajstić information content (AvgIpc) is 3.31. The molecular formula is C18H11NO2S2. The van der Waals surface area contributed by atoms with Gasteiger partial charge in [-0.15, -0.1) is 11.3 Å². The minimum Gasteiger partial charge on any atom is -0.453 e. The molecule has 0 unspecified atom stereocenters. The Labute approximate surface area is 140 Å². The zero-order valence-corrected chi connectivity index (χ0v) is 13.6. The Balaban J connectivity index is 1.55. The third-order valence-corrected chi connectivity index (χ3v) is 4.96. The third kappa shape index (κ3) is 2.88. The lowest BCUT2D eigenvalue weighted by atomic mass is 10.2. The van der Waals surface area contributed by atoms with Crippen LogP contribution in [0, 0.1) is 0 Å². The van der Waals surface area contributed by atoms with E-state index in [0.717, 1.165) is 27.2 Å². The van der Waals surface area contributed by atoms with Gasteiger partial charge in [-0.2, -0.15) is 11.3 Å². The Morgan fingerprint density at radius 3 is 2.91 bits per heavy atom. The molecule has 3 heterocycles. The van der Waals surface area contributed by atoms with E-state index in [9.17, 15) is 4.79 Å². The van der Waals surface area contributed by atoms with Gasteiger partial charge in [-0.3, -0.25) is 4.79 Å². The maximum Gasteiger partial charge on any atom is 0.221 e. The van der Waals surface area contributed by atoms with Gasteiger partial charge in [0.25, 0.3) is 0 Å². The van der Waals surface area contributed by atoms with Crippen LogP contribution >= 0.6 is 22.7 Å². The molecule has 23 heavy (non-hydrogen) atoms. The van der Waals surface area contributed by atoms with Crippen molar-refractivity contribution in [1.82, 2.24) is 4.98 Å². The van der Waals surface area contributed by atoms with Gasteiger partial charge < -0.3 is 4.42 Å². The van der Waals surface area contributed by atoms with Crippen molar-refractivity contribution in [2.75, 3.05) is 0 Å². The molecule has 4 aromatic rings. The highest BCUT2D eigenvalue weighted by atomic mass is 32.1. The molecule has 1 aromatic carbocycles. The van der Waals surface area contributed by atoms with Crippen molar-refractivity contribution in [2.45, 2.75) is 0 Å². The summed E-state index contributed by atoms with van der Waals surface area (Å²) < 4.78 is 5.57. The molecule has 0 saturated heterocycles. The predicted octanol–water partition coefficient (Wildman–Crippen LogP) is 5.51. The van der Waals surface area contributed by atoms with Gasteiger partial charge in [0, 0.05) is 21.7 Å². The van der Waals surface area contributed by atoms with Crippen LogP contribution < -0.4 is 0 Å². The van der Waals surface area contributed by atoms with Gasteiger partial charge in [-0.1, -0.05) is 18.2 Å². The smallest absolute Gasteiger partial charge is 0.221 e. The van der Waals surface area contributed by atoms with E-state index in [1.165, 1.54) is 6.08 Å². The van der Waals surface area contributed by atoms with Gasteiger partial charge in [0.15, 0.2) is 5.76 Å². The first kappa shape index (κ1) is 14.1. The summed E-state index contributed by atoms with van der Waals surface area (Å²) in [7, 11) is 0. The molecule has 4 rings (SSSR count). The van der Waals surface area contributed by atoms with Gasteiger partial charge in [0.2, 0.25) is 5.78 Å². The minimum atomic E-state index is -0.161. The molecule has 0 bridgehead atoms. The first-order chi connectivity index (χ1) is 11.3. The van der Waals surface area contributed by atoms with Crippen LogP contribution in [0.3, 0.4) is 0 Å². The number of thiazole rings is 1. The summed E-state index contributed by atoms with van der Waals surface area (Å²) in [6.07, 6.45) is 3.23. The van der Waals surface area contributed by atoms with Crippen molar-refractivity contribution in [3.05, 3.63) is 70.1 Å². The molecule has 0 fully saturated rings. The highest BCUT2D eigenvalue weighted by Gasteiger charge is 2.09. The quantitative estimate of drug-likeness (QED) is 0.364. The number of fused-ring (bicyclic) bond motifs is 1. The van der Waals surface area contributed by atoms with Gasteiger partial charge >= 0.3 is 0 Å². The van der Waals surface area contributed by atoms with E-state index in [0.29, 0.717) is 5.76 Å². The maximum absolute atomic E-state index is 12.2. The van der Waals surface area contributed by atoms with Gasteiger partial charge in [0.1, 0.15) is 10.6 Å². The van der Waals surface area contributed by atoms with Crippen LogP contribution in [-0.2, 0) is 0 Å². The molecular weight excluding hydrogens is 326 g/mol. The summed E-state index contributed by atoms with van der Waals surface area (Å²) >= 11 is 3.21. The molecule has 0 aliphatic rings. The largest absolute Gasteiger partial charge is 0.453 e. The van der Waals surface area contributed by atoms with Crippen LogP contribution in [0.5, 0.6) is 0 Å². The summed E-state index contributed by atoms with van der Waals surface area (Å²) in [6.45, 7) is 0. The van der Waals surface area contributed by atoms with E-state index in [1.807, 2.05) is 41.1 Å². The molecule has 0 aliphatic carbocycles. The number of carbonyl (C=O) groups is 1. The summed E-state index contributed by atoms with van der Waals surface area (Å²) in [6, 6.07) is 11.4. The number of furan rings is 1. The number of hydrogen-bond acceptors (Lipinski definition) is 5. The minimum absolute atomic E-state index is 0.161. The molecule has 112 valence electrons. The van der Waals surface area contributed by atoms with E-state index >= 15 is 0 Å². The molecule has 0 aliphatic heterocycles. The van der Waals surface area contributed by atoms with E-state index in [-0.39, 0.29) is 5.78 Å². The molecule has 0 radical (unpaired) electrons. The predicted molar refractivity (Wildman–Crippen MR) is 95.0 cm³/mol. The SMILES string of the molecule is O=C(/C=C\c1csc(-c2ccsc2)n1)c1cc2ccccc2o1. The summed E-state index contributed by atoms with van der Waals surface area (Å²) in [5, 5.41) is 7.92.